The average Bonchev–Trinajstić information content (AvgIpc) is 2.83. The monoisotopic (exact) mass is 403 g/mol. The third-order valence-electron chi connectivity index (χ3n) is 6.24. The van der Waals surface area contributed by atoms with Crippen molar-refractivity contribution in [1.82, 2.24) is 0 Å². The second-order valence-electron chi connectivity index (χ2n) is 8.12. The Morgan fingerprint density at radius 3 is 1.58 bits per heavy atom. The summed E-state index contributed by atoms with van der Waals surface area (Å²) in [5.74, 6) is 0. The summed E-state index contributed by atoms with van der Waals surface area (Å²) < 4.78 is 0. The van der Waals surface area contributed by atoms with Gasteiger partial charge in [0.15, 0.2) is 0 Å². The molecule has 5 rings (SSSR count). The fourth-order valence-electron chi connectivity index (χ4n) is 4.68. The standard InChI is InChI=1S/C29H25NO/c30-28(20-21-10-2-1-3-11-21)29(31,26-18-8-14-22-12-4-6-16-24(22)26)27-19-9-15-23-13-5-7-17-25(23)27/h1-19,28,31H,20,30H2. The Bertz CT molecular complexity index is 1250. The zero-order valence-corrected chi connectivity index (χ0v) is 17.3. The Kier molecular flexibility index (Phi) is 5.03. The van der Waals surface area contributed by atoms with Crippen LogP contribution in [0, 0.1) is 0 Å². The lowest BCUT2D eigenvalue weighted by Gasteiger charge is -2.37. The van der Waals surface area contributed by atoms with Gasteiger partial charge in [-0.15, -0.1) is 0 Å². The van der Waals surface area contributed by atoms with Crippen LogP contribution in [0.5, 0.6) is 0 Å². The van der Waals surface area contributed by atoms with Crippen LogP contribution in [0.25, 0.3) is 21.5 Å². The molecular weight excluding hydrogens is 378 g/mol. The number of hydrogen-bond donors (Lipinski definition) is 2. The van der Waals surface area contributed by atoms with E-state index < -0.39 is 11.6 Å². The first kappa shape index (κ1) is 19.5. The van der Waals surface area contributed by atoms with Gasteiger partial charge >= 0.3 is 0 Å². The molecule has 0 heterocycles. The maximum absolute atomic E-state index is 12.6. The topological polar surface area (TPSA) is 46.2 Å². The van der Waals surface area contributed by atoms with E-state index in [0.29, 0.717) is 6.42 Å². The van der Waals surface area contributed by atoms with Crippen molar-refractivity contribution in [2.75, 3.05) is 0 Å². The molecule has 0 bridgehead atoms. The van der Waals surface area contributed by atoms with Gasteiger partial charge in [-0.05, 0) is 44.7 Å². The molecule has 5 aromatic carbocycles. The molecule has 0 radical (unpaired) electrons. The highest BCUT2D eigenvalue weighted by Gasteiger charge is 2.40. The Labute approximate surface area is 182 Å². The molecule has 31 heavy (non-hydrogen) atoms. The van der Waals surface area contributed by atoms with Crippen LogP contribution in [0.1, 0.15) is 16.7 Å². The van der Waals surface area contributed by atoms with E-state index in [-0.39, 0.29) is 0 Å². The van der Waals surface area contributed by atoms with Crippen molar-refractivity contribution in [3.8, 4) is 0 Å². The van der Waals surface area contributed by atoms with Crippen LogP contribution in [0.3, 0.4) is 0 Å². The predicted molar refractivity (Wildman–Crippen MR) is 129 cm³/mol. The van der Waals surface area contributed by atoms with Crippen molar-refractivity contribution in [2.24, 2.45) is 5.73 Å². The third-order valence-corrected chi connectivity index (χ3v) is 6.24. The quantitative estimate of drug-likeness (QED) is 0.390. The molecule has 3 N–H and O–H groups in total. The normalized spacial score (nSPS) is 12.8. The fourth-order valence-corrected chi connectivity index (χ4v) is 4.68. The average molecular weight is 404 g/mol. The smallest absolute Gasteiger partial charge is 0.131 e. The van der Waals surface area contributed by atoms with E-state index in [9.17, 15) is 5.11 Å². The lowest BCUT2D eigenvalue weighted by Crippen LogP contribution is -2.48. The van der Waals surface area contributed by atoms with Gasteiger partial charge in [-0.2, -0.15) is 0 Å². The van der Waals surface area contributed by atoms with Crippen LogP contribution < -0.4 is 5.73 Å². The highest BCUT2D eigenvalue weighted by atomic mass is 16.3. The molecule has 0 saturated heterocycles. The minimum atomic E-state index is -1.36. The molecule has 0 saturated carbocycles. The van der Waals surface area contributed by atoms with Gasteiger partial charge in [-0.3, -0.25) is 0 Å². The zero-order chi connectivity index (χ0) is 21.3. The molecule has 0 aliphatic heterocycles. The molecule has 152 valence electrons. The number of nitrogens with two attached hydrogens (primary N) is 1. The van der Waals surface area contributed by atoms with Crippen molar-refractivity contribution in [3.05, 3.63) is 132 Å². The first-order chi connectivity index (χ1) is 15.2. The molecule has 0 fully saturated rings. The van der Waals surface area contributed by atoms with Crippen LogP contribution in [-0.4, -0.2) is 11.1 Å². The Morgan fingerprint density at radius 1 is 0.581 bits per heavy atom. The number of aliphatic hydroxyl groups is 1. The molecule has 1 unspecified atom stereocenters. The summed E-state index contributed by atoms with van der Waals surface area (Å²) in [6.07, 6.45) is 0.559. The van der Waals surface area contributed by atoms with Gasteiger partial charge in [0.25, 0.3) is 0 Å². The highest BCUT2D eigenvalue weighted by Crippen LogP contribution is 2.40. The van der Waals surface area contributed by atoms with Crippen molar-refractivity contribution < 1.29 is 5.11 Å². The van der Waals surface area contributed by atoms with E-state index in [1.165, 1.54) is 0 Å². The second kappa shape index (κ2) is 7.99. The van der Waals surface area contributed by atoms with E-state index in [1.54, 1.807) is 0 Å². The van der Waals surface area contributed by atoms with Crippen LogP contribution >= 0.6 is 0 Å². The largest absolute Gasteiger partial charge is 0.379 e. The molecule has 0 aliphatic carbocycles. The zero-order valence-electron chi connectivity index (χ0n) is 17.3. The molecular formula is C29H25NO. The maximum Gasteiger partial charge on any atom is 0.131 e. The fraction of sp³-hybridized carbons (Fsp3) is 0.103. The lowest BCUT2D eigenvalue weighted by atomic mass is 9.75. The van der Waals surface area contributed by atoms with Crippen molar-refractivity contribution in [2.45, 2.75) is 18.1 Å². The van der Waals surface area contributed by atoms with Crippen molar-refractivity contribution in [3.63, 3.8) is 0 Å². The molecule has 0 spiro atoms. The molecule has 5 aromatic rings. The van der Waals surface area contributed by atoms with E-state index in [1.807, 2.05) is 66.7 Å². The summed E-state index contributed by atoms with van der Waals surface area (Å²) in [6.45, 7) is 0. The van der Waals surface area contributed by atoms with E-state index in [0.717, 1.165) is 38.2 Å². The van der Waals surface area contributed by atoms with Crippen LogP contribution in [0.4, 0.5) is 0 Å². The van der Waals surface area contributed by atoms with Crippen LogP contribution in [-0.2, 0) is 12.0 Å². The SMILES string of the molecule is NC(Cc1ccccc1)C(O)(c1cccc2ccccc12)c1cccc2ccccc12. The summed E-state index contributed by atoms with van der Waals surface area (Å²) in [6, 6.07) is 38.1. The first-order valence-electron chi connectivity index (χ1n) is 10.7. The minimum absolute atomic E-state index is 0.536. The summed E-state index contributed by atoms with van der Waals surface area (Å²) in [5, 5.41) is 16.8. The van der Waals surface area contributed by atoms with Gasteiger partial charge in [-0.25, -0.2) is 0 Å². The Hall–Kier alpha value is -3.46. The molecule has 2 nitrogen and oxygen atoms in total. The number of fused-ring (bicyclic) bond motifs is 2. The van der Waals surface area contributed by atoms with Gasteiger partial charge in [0, 0.05) is 6.04 Å². The molecule has 1 atom stereocenters. The molecule has 2 heteroatoms. The maximum atomic E-state index is 12.6. The van der Waals surface area contributed by atoms with E-state index >= 15 is 0 Å². The number of rotatable bonds is 5. The first-order valence-corrected chi connectivity index (χ1v) is 10.7. The van der Waals surface area contributed by atoms with Crippen molar-refractivity contribution >= 4 is 21.5 Å². The Balaban J connectivity index is 1.78. The minimum Gasteiger partial charge on any atom is -0.379 e. The summed E-state index contributed by atoms with van der Waals surface area (Å²) >= 11 is 0. The second-order valence-corrected chi connectivity index (χ2v) is 8.12. The summed E-state index contributed by atoms with van der Waals surface area (Å²) in [7, 11) is 0. The predicted octanol–water partition coefficient (Wildman–Crippen LogP) is 5.80. The van der Waals surface area contributed by atoms with Gasteiger partial charge in [0.1, 0.15) is 5.60 Å². The summed E-state index contributed by atoms with van der Waals surface area (Å²) in [4.78, 5) is 0. The van der Waals surface area contributed by atoms with Gasteiger partial charge in [0.05, 0.1) is 0 Å². The van der Waals surface area contributed by atoms with E-state index in [2.05, 4.69) is 48.5 Å². The Morgan fingerprint density at radius 2 is 1.03 bits per heavy atom. The van der Waals surface area contributed by atoms with Gasteiger partial charge in [-0.1, -0.05) is 115 Å². The molecule has 0 amide bonds. The third kappa shape index (κ3) is 3.40. The lowest BCUT2D eigenvalue weighted by molar-refractivity contribution is 0.0546. The van der Waals surface area contributed by atoms with Crippen molar-refractivity contribution in [1.29, 1.82) is 0 Å². The van der Waals surface area contributed by atoms with Crippen LogP contribution in [0.15, 0.2) is 115 Å². The number of hydrogen-bond acceptors (Lipinski definition) is 2. The van der Waals surface area contributed by atoms with Crippen LogP contribution in [0.2, 0.25) is 0 Å². The molecule has 0 aliphatic rings. The van der Waals surface area contributed by atoms with E-state index in [4.69, 9.17) is 5.73 Å². The van der Waals surface area contributed by atoms with Gasteiger partial charge in [0.2, 0.25) is 0 Å². The molecule has 0 aromatic heterocycles. The van der Waals surface area contributed by atoms with Gasteiger partial charge < -0.3 is 10.8 Å². The number of benzene rings is 5. The summed E-state index contributed by atoms with van der Waals surface area (Å²) in [5.41, 5.74) is 8.30. The highest BCUT2D eigenvalue weighted by molar-refractivity contribution is 5.91.